The molecule has 1 atom stereocenters. The van der Waals surface area contributed by atoms with E-state index < -0.39 is 0 Å². The van der Waals surface area contributed by atoms with Crippen molar-refractivity contribution in [2.24, 2.45) is 0 Å². The number of benzene rings is 1. The molecule has 3 aromatic rings. The summed E-state index contributed by atoms with van der Waals surface area (Å²) in [6, 6.07) is 6.55. The highest BCUT2D eigenvalue weighted by Crippen LogP contribution is 2.29. The molecule has 1 N–H and O–H groups in total. The fourth-order valence-corrected chi connectivity index (χ4v) is 3.47. The van der Waals surface area contributed by atoms with Crippen LogP contribution in [0.1, 0.15) is 11.7 Å². The molecule has 1 unspecified atom stereocenters. The lowest BCUT2D eigenvalue weighted by atomic mass is 10.1. The Balaban J connectivity index is 1.82. The summed E-state index contributed by atoms with van der Waals surface area (Å²) in [5, 5.41) is 3.36. The average Bonchev–Trinajstić information content (AvgIpc) is 2.99. The molecule has 0 radical (unpaired) electrons. The largest absolute Gasteiger partial charge is 0.371 e. The van der Waals surface area contributed by atoms with Crippen LogP contribution in [0.4, 0.5) is 0 Å². The summed E-state index contributed by atoms with van der Waals surface area (Å²) in [6.07, 6.45) is 4.03. The van der Waals surface area contributed by atoms with E-state index in [0.717, 1.165) is 24.7 Å². The van der Waals surface area contributed by atoms with Gasteiger partial charge in [0.2, 0.25) is 0 Å². The molecule has 1 aliphatic rings. The first kappa shape index (κ1) is 10.5. The van der Waals surface area contributed by atoms with Crippen molar-refractivity contribution in [1.82, 2.24) is 14.7 Å². The smallest absolute Gasteiger partial charge is 0.194 e. The third-order valence-corrected chi connectivity index (χ3v) is 4.38. The number of thiazole rings is 1. The van der Waals surface area contributed by atoms with Crippen LogP contribution >= 0.6 is 11.3 Å². The van der Waals surface area contributed by atoms with E-state index >= 15 is 0 Å². The summed E-state index contributed by atoms with van der Waals surface area (Å²) in [7, 11) is 0. The summed E-state index contributed by atoms with van der Waals surface area (Å²) in [5.41, 5.74) is 2.47. The number of imidazole rings is 1. The van der Waals surface area contributed by atoms with Crippen molar-refractivity contribution < 1.29 is 4.74 Å². The van der Waals surface area contributed by atoms with Gasteiger partial charge in [-0.15, -0.1) is 0 Å². The highest BCUT2D eigenvalue weighted by atomic mass is 32.1. The molecule has 0 aliphatic carbocycles. The number of morpholine rings is 1. The van der Waals surface area contributed by atoms with E-state index in [4.69, 9.17) is 4.74 Å². The Morgan fingerprint density at radius 1 is 1.44 bits per heavy atom. The molecule has 4 rings (SSSR count). The van der Waals surface area contributed by atoms with Gasteiger partial charge < -0.3 is 10.1 Å². The number of fused-ring (bicyclic) bond motifs is 3. The molecule has 1 aliphatic heterocycles. The molecule has 5 heteroatoms. The summed E-state index contributed by atoms with van der Waals surface area (Å²) < 4.78 is 9.19. The first-order valence-electron chi connectivity index (χ1n) is 6.10. The molecule has 0 saturated carbocycles. The molecule has 1 fully saturated rings. The van der Waals surface area contributed by atoms with Gasteiger partial charge in [0.05, 0.1) is 22.9 Å². The highest BCUT2D eigenvalue weighted by molar-refractivity contribution is 7.23. The van der Waals surface area contributed by atoms with Crippen molar-refractivity contribution in [1.29, 1.82) is 0 Å². The zero-order chi connectivity index (χ0) is 11.9. The van der Waals surface area contributed by atoms with Gasteiger partial charge in [0, 0.05) is 25.5 Å². The molecule has 18 heavy (non-hydrogen) atoms. The molecule has 0 amide bonds. The van der Waals surface area contributed by atoms with Gasteiger partial charge in [0.1, 0.15) is 0 Å². The summed E-state index contributed by atoms with van der Waals surface area (Å²) in [5.74, 6) is 0. The van der Waals surface area contributed by atoms with Crippen molar-refractivity contribution in [3.8, 4) is 0 Å². The molecular weight excluding hydrogens is 246 g/mol. The second kappa shape index (κ2) is 4.05. The maximum atomic E-state index is 5.79. The van der Waals surface area contributed by atoms with Crippen LogP contribution in [0.3, 0.4) is 0 Å². The minimum absolute atomic E-state index is 0.178. The number of nitrogens with zero attached hydrogens (tertiary/aromatic N) is 2. The number of rotatable bonds is 1. The monoisotopic (exact) mass is 259 g/mol. The lowest BCUT2D eigenvalue weighted by molar-refractivity contribution is 0.0278. The van der Waals surface area contributed by atoms with Crippen molar-refractivity contribution >= 4 is 26.5 Å². The normalized spacial score (nSPS) is 20.8. The Bertz CT molecular complexity index is 696. The van der Waals surface area contributed by atoms with Crippen LogP contribution in [-0.2, 0) is 4.74 Å². The van der Waals surface area contributed by atoms with E-state index in [1.54, 1.807) is 11.3 Å². The molecular formula is C13H13N3OS. The van der Waals surface area contributed by atoms with Gasteiger partial charge in [-0.2, -0.15) is 0 Å². The second-order valence-electron chi connectivity index (χ2n) is 4.47. The fraction of sp³-hybridized carbons (Fsp3) is 0.308. The first-order valence-corrected chi connectivity index (χ1v) is 6.91. The SMILES string of the molecule is c1cn2c(n1)sc1cc(C3CNCCO3)ccc12. The molecule has 2 aromatic heterocycles. The molecule has 92 valence electrons. The zero-order valence-corrected chi connectivity index (χ0v) is 10.6. The quantitative estimate of drug-likeness (QED) is 0.728. The van der Waals surface area contributed by atoms with Crippen molar-refractivity contribution in [2.45, 2.75) is 6.10 Å². The number of nitrogens with one attached hydrogen (secondary N) is 1. The van der Waals surface area contributed by atoms with E-state index in [9.17, 15) is 0 Å². The van der Waals surface area contributed by atoms with Gasteiger partial charge in [-0.3, -0.25) is 4.40 Å². The van der Waals surface area contributed by atoms with Crippen molar-refractivity contribution in [3.63, 3.8) is 0 Å². The predicted octanol–water partition coefficient (Wildman–Crippen LogP) is 2.21. The third-order valence-electron chi connectivity index (χ3n) is 3.35. The maximum absolute atomic E-state index is 5.79. The highest BCUT2D eigenvalue weighted by Gasteiger charge is 2.16. The van der Waals surface area contributed by atoms with Gasteiger partial charge in [0.25, 0.3) is 0 Å². The van der Waals surface area contributed by atoms with Crippen LogP contribution in [0.5, 0.6) is 0 Å². The van der Waals surface area contributed by atoms with Gasteiger partial charge >= 0.3 is 0 Å². The number of aromatic nitrogens is 2. The van der Waals surface area contributed by atoms with Crippen LogP contribution in [0, 0.1) is 0 Å². The van der Waals surface area contributed by atoms with Crippen LogP contribution in [0.2, 0.25) is 0 Å². The summed E-state index contributed by atoms with van der Waals surface area (Å²) >= 11 is 1.72. The molecule has 1 saturated heterocycles. The Morgan fingerprint density at radius 3 is 3.33 bits per heavy atom. The molecule has 0 bridgehead atoms. The second-order valence-corrected chi connectivity index (χ2v) is 5.48. The summed E-state index contributed by atoms with van der Waals surface area (Å²) in [4.78, 5) is 5.38. The predicted molar refractivity (Wildman–Crippen MR) is 72.1 cm³/mol. The Hall–Kier alpha value is -1.43. The summed E-state index contributed by atoms with van der Waals surface area (Å²) in [6.45, 7) is 2.63. The van der Waals surface area contributed by atoms with Gasteiger partial charge in [0.15, 0.2) is 4.96 Å². The standard InChI is InChI=1S/C13H13N3OS/c1-2-10-12(18-13-15-3-5-16(10)13)7-9(1)11-8-14-4-6-17-11/h1-3,5,7,11,14H,4,6,8H2. The van der Waals surface area contributed by atoms with E-state index in [2.05, 4.69) is 32.9 Å². The van der Waals surface area contributed by atoms with Gasteiger partial charge in [-0.25, -0.2) is 4.98 Å². The third kappa shape index (κ3) is 1.55. The van der Waals surface area contributed by atoms with E-state index in [1.165, 1.54) is 15.8 Å². The molecule has 0 spiro atoms. The van der Waals surface area contributed by atoms with Crippen molar-refractivity contribution in [3.05, 3.63) is 36.2 Å². The lowest BCUT2D eigenvalue weighted by Gasteiger charge is -2.23. The van der Waals surface area contributed by atoms with Crippen LogP contribution in [-0.4, -0.2) is 29.1 Å². The first-order chi connectivity index (χ1) is 8.92. The average molecular weight is 259 g/mol. The minimum Gasteiger partial charge on any atom is -0.371 e. The van der Waals surface area contributed by atoms with Crippen LogP contribution in [0.15, 0.2) is 30.6 Å². The number of hydrogen-bond donors (Lipinski definition) is 1. The Morgan fingerprint density at radius 2 is 2.44 bits per heavy atom. The Labute approximate surface area is 108 Å². The van der Waals surface area contributed by atoms with Crippen LogP contribution < -0.4 is 5.32 Å². The van der Waals surface area contributed by atoms with Gasteiger partial charge in [-0.05, 0) is 17.7 Å². The van der Waals surface area contributed by atoms with Crippen molar-refractivity contribution in [2.75, 3.05) is 19.7 Å². The maximum Gasteiger partial charge on any atom is 0.194 e. The lowest BCUT2D eigenvalue weighted by Crippen LogP contribution is -2.33. The van der Waals surface area contributed by atoms with E-state index in [-0.39, 0.29) is 6.10 Å². The molecule has 4 nitrogen and oxygen atoms in total. The van der Waals surface area contributed by atoms with Crippen LogP contribution in [0.25, 0.3) is 15.2 Å². The number of ether oxygens (including phenoxy) is 1. The van der Waals surface area contributed by atoms with E-state index in [0.29, 0.717) is 0 Å². The minimum atomic E-state index is 0.178. The molecule has 1 aromatic carbocycles. The fourth-order valence-electron chi connectivity index (χ4n) is 2.44. The molecule has 3 heterocycles. The van der Waals surface area contributed by atoms with Gasteiger partial charge in [-0.1, -0.05) is 17.4 Å². The number of hydrogen-bond acceptors (Lipinski definition) is 4. The Kier molecular flexibility index (Phi) is 2.36. The van der Waals surface area contributed by atoms with E-state index in [1.807, 2.05) is 12.4 Å². The zero-order valence-electron chi connectivity index (χ0n) is 9.80. The topological polar surface area (TPSA) is 38.6 Å².